The highest BCUT2D eigenvalue weighted by Crippen LogP contribution is 2.42. The van der Waals surface area contributed by atoms with Crippen LogP contribution in [-0.4, -0.2) is 48.9 Å². The predicted molar refractivity (Wildman–Crippen MR) is 160 cm³/mol. The lowest BCUT2D eigenvalue weighted by Gasteiger charge is -2.24. The molecule has 4 aromatic rings. The maximum absolute atomic E-state index is 14.3. The summed E-state index contributed by atoms with van der Waals surface area (Å²) in [6.07, 6.45) is 2.64. The molecule has 0 atom stereocenters. The summed E-state index contributed by atoms with van der Waals surface area (Å²) in [7, 11) is 1.98. The van der Waals surface area contributed by atoms with Crippen molar-refractivity contribution in [1.29, 1.82) is 0 Å². The van der Waals surface area contributed by atoms with E-state index in [-0.39, 0.29) is 17.5 Å². The van der Waals surface area contributed by atoms with E-state index < -0.39 is 5.82 Å². The number of fused-ring (bicyclic) bond motifs is 3. The van der Waals surface area contributed by atoms with Gasteiger partial charge in [-0.25, -0.2) is 9.37 Å². The molecular formula is C30H29FN4O2S2. The Morgan fingerprint density at radius 3 is 2.72 bits per heavy atom. The molecule has 0 unspecified atom stereocenters. The Hall–Kier alpha value is -3.69. The number of nitrogens with one attached hydrogen (secondary N) is 1. The van der Waals surface area contributed by atoms with Crippen LogP contribution in [0.2, 0.25) is 0 Å². The van der Waals surface area contributed by atoms with Crippen LogP contribution in [0.5, 0.6) is 0 Å². The van der Waals surface area contributed by atoms with Crippen molar-refractivity contribution in [3.63, 3.8) is 0 Å². The summed E-state index contributed by atoms with van der Waals surface area (Å²) < 4.78 is 14.3. The van der Waals surface area contributed by atoms with Crippen LogP contribution in [0.3, 0.4) is 0 Å². The number of para-hydroxylation sites is 2. The average Bonchev–Trinajstić information content (AvgIpc) is 3.32. The number of anilines is 3. The molecule has 0 spiro atoms. The lowest BCUT2D eigenvalue weighted by Crippen LogP contribution is -2.33. The van der Waals surface area contributed by atoms with Crippen molar-refractivity contribution in [3.05, 3.63) is 94.2 Å². The lowest BCUT2D eigenvalue weighted by molar-refractivity contribution is 0.0981. The molecule has 0 saturated heterocycles. The first-order valence-electron chi connectivity index (χ1n) is 12.6. The van der Waals surface area contributed by atoms with E-state index in [2.05, 4.69) is 21.5 Å². The molecule has 0 aliphatic carbocycles. The third kappa shape index (κ3) is 5.55. The Morgan fingerprint density at radius 2 is 1.92 bits per heavy atom. The van der Waals surface area contributed by atoms with Gasteiger partial charge >= 0.3 is 0 Å². The summed E-state index contributed by atoms with van der Waals surface area (Å²) in [4.78, 5) is 36.8. The fourth-order valence-corrected chi connectivity index (χ4v) is 6.22. The number of benzene rings is 2. The molecule has 2 aromatic heterocycles. The number of hydrogen-bond donors (Lipinski definition) is 1. The highest BCUT2D eigenvalue weighted by molar-refractivity contribution is 7.98. The third-order valence-corrected chi connectivity index (χ3v) is 8.56. The summed E-state index contributed by atoms with van der Waals surface area (Å²) in [5.74, 6) is 0.758. The molecule has 200 valence electrons. The quantitative estimate of drug-likeness (QED) is 0.279. The van der Waals surface area contributed by atoms with Crippen molar-refractivity contribution >= 4 is 52.1 Å². The fraction of sp³-hybridized carbons (Fsp3) is 0.233. The lowest BCUT2D eigenvalue weighted by atomic mass is 10.1. The van der Waals surface area contributed by atoms with E-state index in [4.69, 9.17) is 0 Å². The fourth-order valence-electron chi connectivity index (χ4n) is 4.62. The minimum atomic E-state index is -0.464. The van der Waals surface area contributed by atoms with E-state index in [9.17, 15) is 14.0 Å². The number of halogens is 1. The van der Waals surface area contributed by atoms with Crippen LogP contribution in [0.15, 0.2) is 66.7 Å². The molecule has 0 saturated carbocycles. The second-order valence-corrected chi connectivity index (χ2v) is 11.4. The van der Waals surface area contributed by atoms with Crippen molar-refractivity contribution in [1.82, 2.24) is 4.98 Å². The van der Waals surface area contributed by atoms with E-state index in [0.717, 1.165) is 39.8 Å². The zero-order valence-electron chi connectivity index (χ0n) is 22.0. The van der Waals surface area contributed by atoms with Crippen LogP contribution in [0, 0.1) is 12.7 Å². The first-order chi connectivity index (χ1) is 18.9. The zero-order chi connectivity index (χ0) is 27.5. The molecule has 0 radical (unpaired) electrons. The van der Waals surface area contributed by atoms with Gasteiger partial charge in [0.1, 0.15) is 17.3 Å². The van der Waals surface area contributed by atoms with E-state index in [0.29, 0.717) is 29.1 Å². The number of thiophene rings is 1. The van der Waals surface area contributed by atoms with Gasteiger partial charge in [0, 0.05) is 36.3 Å². The topological polar surface area (TPSA) is 65.5 Å². The van der Waals surface area contributed by atoms with Gasteiger partial charge in [0.25, 0.3) is 11.8 Å². The highest BCUT2D eigenvalue weighted by Gasteiger charge is 2.28. The summed E-state index contributed by atoms with van der Waals surface area (Å²) in [6, 6.07) is 19.8. The molecule has 0 fully saturated rings. The number of aryl methyl sites for hydroxylation is 1. The molecule has 39 heavy (non-hydrogen) atoms. The smallest absolute Gasteiger partial charge is 0.276 e. The molecular weight excluding hydrogens is 531 g/mol. The van der Waals surface area contributed by atoms with Crippen LogP contribution in [-0.2, 0) is 6.42 Å². The normalized spacial score (nSPS) is 12.4. The number of nitrogens with zero attached hydrogens (tertiary/aromatic N) is 3. The summed E-state index contributed by atoms with van der Waals surface area (Å²) in [5, 5.41) is 2.74. The van der Waals surface area contributed by atoms with Crippen LogP contribution in [0.1, 0.15) is 31.3 Å². The highest BCUT2D eigenvalue weighted by atomic mass is 32.2. The summed E-state index contributed by atoms with van der Waals surface area (Å²) >= 11 is 3.12. The van der Waals surface area contributed by atoms with E-state index in [1.54, 1.807) is 41.8 Å². The number of thioether (sulfide) groups is 1. The number of amides is 2. The largest absolute Gasteiger partial charge is 0.359 e. The van der Waals surface area contributed by atoms with Gasteiger partial charge in [0.05, 0.1) is 16.3 Å². The predicted octanol–water partition coefficient (Wildman–Crippen LogP) is 6.51. The summed E-state index contributed by atoms with van der Waals surface area (Å²) in [6.45, 7) is 3.04. The SMILES string of the molecule is CSCCN(C)c1cccc(C(=O)N2CCc3cc(C(=O)Nc4c(C)cccc4F)sc3-c3ccccc32)n1. The second-order valence-electron chi connectivity index (χ2n) is 9.37. The summed E-state index contributed by atoms with van der Waals surface area (Å²) in [5.41, 5.74) is 3.90. The number of carbonyl (C=O) groups is 2. The van der Waals surface area contributed by atoms with Crippen molar-refractivity contribution < 1.29 is 14.0 Å². The Balaban J connectivity index is 1.44. The van der Waals surface area contributed by atoms with Gasteiger partial charge in [-0.2, -0.15) is 11.8 Å². The van der Waals surface area contributed by atoms with E-state index in [1.807, 2.05) is 49.5 Å². The second kappa shape index (κ2) is 11.6. The van der Waals surface area contributed by atoms with Crippen LogP contribution >= 0.6 is 23.1 Å². The molecule has 9 heteroatoms. The molecule has 1 aliphatic heterocycles. The maximum atomic E-state index is 14.3. The molecule has 3 heterocycles. The zero-order valence-corrected chi connectivity index (χ0v) is 23.7. The van der Waals surface area contributed by atoms with E-state index >= 15 is 0 Å². The molecule has 2 amide bonds. The van der Waals surface area contributed by atoms with Crippen molar-refractivity contribution in [3.8, 4) is 10.4 Å². The van der Waals surface area contributed by atoms with Gasteiger partial charge in [-0.05, 0) is 61.1 Å². The first-order valence-corrected chi connectivity index (χ1v) is 14.9. The van der Waals surface area contributed by atoms with Crippen LogP contribution in [0.4, 0.5) is 21.6 Å². The molecule has 1 N–H and O–H groups in total. The van der Waals surface area contributed by atoms with Crippen molar-refractivity contribution in [2.75, 3.05) is 47.3 Å². The third-order valence-electron chi connectivity index (χ3n) is 6.76. The monoisotopic (exact) mass is 560 g/mol. The van der Waals surface area contributed by atoms with Crippen LogP contribution in [0.25, 0.3) is 10.4 Å². The van der Waals surface area contributed by atoms with Gasteiger partial charge < -0.3 is 15.1 Å². The van der Waals surface area contributed by atoms with Crippen molar-refractivity contribution in [2.45, 2.75) is 13.3 Å². The van der Waals surface area contributed by atoms with Gasteiger partial charge in [-0.1, -0.05) is 36.4 Å². The number of hydrogen-bond acceptors (Lipinski definition) is 6. The number of carbonyl (C=O) groups excluding carboxylic acids is 2. The van der Waals surface area contributed by atoms with Crippen LogP contribution < -0.4 is 15.1 Å². The number of rotatable bonds is 7. The van der Waals surface area contributed by atoms with Gasteiger partial charge in [-0.15, -0.1) is 11.3 Å². The maximum Gasteiger partial charge on any atom is 0.276 e. The average molecular weight is 561 g/mol. The molecule has 5 rings (SSSR count). The molecule has 2 aromatic carbocycles. The Bertz CT molecular complexity index is 1520. The van der Waals surface area contributed by atoms with Gasteiger partial charge in [0.15, 0.2) is 0 Å². The Kier molecular flexibility index (Phi) is 7.99. The van der Waals surface area contributed by atoms with Gasteiger partial charge in [0.2, 0.25) is 0 Å². The number of pyridine rings is 1. The molecule has 1 aliphatic rings. The van der Waals surface area contributed by atoms with Gasteiger partial charge in [-0.3, -0.25) is 9.59 Å². The Morgan fingerprint density at radius 1 is 1.13 bits per heavy atom. The van der Waals surface area contributed by atoms with E-state index in [1.165, 1.54) is 17.4 Å². The first kappa shape index (κ1) is 26.9. The minimum Gasteiger partial charge on any atom is -0.359 e. The molecule has 6 nitrogen and oxygen atoms in total. The Labute approximate surface area is 235 Å². The molecule has 0 bridgehead atoms. The number of aromatic nitrogens is 1. The standard InChI is InChI=1S/C30H29FN4O2S2/c1-19-8-6-10-22(31)27(19)33-29(36)25-18-20-14-15-35(24-12-5-4-9-21(24)28(20)39-25)30(37)23-11-7-13-26(32-23)34(2)16-17-38-3/h4-13,18H,14-17H2,1-3H3,(H,33,36). The minimum absolute atomic E-state index is 0.161. The van der Waals surface area contributed by atoms with Crippen molar-refractivity contribution in [2.24, 2.45) is 0 Å².